The number of fused-ring (bicyclic) bond motifs is 1. The third-order valence-corrected chi connectivity index (χ3v) is 7.85. The van der Waals surface area contributed by atoms with E-state index in [2.05, 4.69) is 54.3 Å². The minimum absolute atomic E-state index is 0.0867. The minimum atomic E-state index is -0.0867. The van der Waals surface area contributed by atoms with E-state index in [1.54, 1.807) is 0 Å². The lowest BCUT2D eigenvalue weighted by molar-refractivity contribution is -0.0376. The molecule has 0 aromatic carbocycles. The van der Waals surface area contributed by atoms with Gasteiger partial charge in [0.2, 0.25) is 5.95 Å². The first kappa shape index (κ1) is 21.5. The number of aromatic nitrogens is 3. The van der Waals surface area contributed by atoms with Crippen LogP contribution in [0.25, 0.3) is 0 Å². The fourth-order valence-electron chi connectivity index (χ4n) is 5.27. The van der Waals surface area contributed by atoms with E-state index in [0.717, 1.165) is 74.4 Å². The summed E-state index contributed by atoms with van der Waals surface area (Å²) in [6.07, 6.45) is 2.43. The van der Waals surface area contributed by atoms with Gasteiger partial charge in [-0.2, -0.15) is 14.6 Å². The number of nitrogens with zero attached hydrogens (tertiary/aromatic N) is 8. The standard InChI is InChI=1S/C22H31N9S/c1-16-11-24-21(25-19-10-17(2)27-32-19)26-20(16)30-14-22(15-30,4-5-23)31-9-8-29-7-6-28(3)12-18(29)13-31/h10-11,18H,4,6-9,12-15H2,1-3H3,(H,24,25,26). The van der Waals surface area contributed by atoms with Crippen LogP contribution in [0.2, 0.25) is 0 Å². The molecule has 1 unspecified atom stereocenters. The highest BCUT2D eigenvalue weighted by Crippen LogP contribution is 2.37. The van der Waals surface area contributed by atoms with Crippen LogP contribution in [0.3, 0.4) is 0 Å². The van der Waals surface area contributed by atoms with Crippen LogP contribution in [0.15, 0.2) is 12.3 Å². The van der Waals surface area contributed by atoms with Crippen molar-refractivity contribution in [1.82, 2.24) is 29.0 Å². The monoisotopic (exact) mass is 453 g/mol. The summed E-state index contributed by atoms with van der Waals surface area (Å²) in [5.74, 6) is 1.54. The lowest BCUT2D eigenvalue weighted by Gasteiger charge is -2.59. The molecule has 3 saturated heterocycles. The first-order valence-electron chi connectivity index (χ1n) is 11.3. The van der Waals surface area contributed by atoms with Gasteiger partial charge in [0.05, 0.1) is 23.7 Å². The number of rotatable bonds is 5. The van der Waals surface area contributed by atoms with E-state index >= 15 is 0 Å². The Morgan fingerprint density at radius 1 is 1.22 bits per heavy atom. The van der Waals surface area contributed by atoms with Crippen molar-refractivity contribution in [1.29, 1.82) is 5.26 Å². The maximum atomic E-state index is 9.64. The van der Waals surface area contributed by atoms with Crippen LogP contribution in [-0.2, 0) is 0 Å². The van der Waals surface area contributed by atoms with Gasteiger partial charge in [0.1, 0.15) is 10.8 Å². The molecule has 1 atom stereocenters. The fraction of sp³-hybridized carbons (Fsp3) is 0.636. The molecular formula is C22H31N9S. The highest BCUT2D eigenvalue weighted by atomic mass is 32.1. The van der Waals surface area contributed by atoms with Crippen molar-refractivity contribution in [3.63, 3.8) is 0 Å². The smallest absolute Gasteiger partial charge is 0.229 e. The number of piperazine rings is 2. The number of anilines is 3. The maximum Gasteiger partial charge on any atom is 0.229 e. The molecule has 170 valence electrons. The van der Waals surface area contributed by atoms with Gasteiger partial charge in [0.25, 0.3) is 0 Å². The molecule has 0 radical (unpaired) electrons. The third-order valence-electron chi connectivity index (χ3n) is 7.05. The van der Waals surface area contributed by atoms with Crippen LogP contribution < -0.4 is 10.2 Å². The van der Waals surface area contributed by atoms with Crippen LogP contribution in [0.1, 0.15) is 17.7 Å². The lowest BCUT2D eigenvalue weighted by Crippen LogP contribution is -2.75. The predicted octanol–water partition coefficient (Wildman–Crippen LogP) is 1.70. The molecule has 32 heavy (non-hydrogen) atoms. The molecule has 5 heterocycles. The molecule has 3 aliphatic rings. The van der Waals surface area contributed by atoms with Gasteiger partial charge in [-0.3, -0.25) is 9.80 Å². The van der Waals surface area contributed by atoms with E-state index in [4.69, 9.17) is 4.98 Å². The maximum absolute atomic E-state index is 9.64. The summed E-state index contributed by atoms with van der Waals surface area (Å²) < 4.78 is 4.31. The normalized spacial score (nSPS) is 23.9. The SMILES string of the molecule is Cc1cc(Nc2ncc(C)c(N3CC(CC#N)(N4CCN5CCN(C)CC5C4)C3)n2)sn1. The zero-order chi connectivity index (χ0) is 22.3. The van der Waals surface area contributed by atoms with Gasteiger partial charge >= 0.3 is 0 Å². The molecule has 2 aromatic rings. The molecule has 0 amide bonds. The van der Waals surface area contributed by atoms with Crippen molar-refractivity contribution in [2.75, 3.05) is 69.6 Å². The van der Waals surface area contributed by atoms with Gasteiger partial charge in [-0.25, -0.2) is 4.98 Å². The number of hydrogen-bond acceptors (Lipinski definition) is 10. The molecule has 2 aromatic heterocycles. The van der Waals surface area contributed by atoms with E-state index in [0.29, 0.717) is 18.4 Å². The zero-order valence-electron chi connectivity index (χ0n) is 19.1. The summed E-state index contributed by atoms with van der Waals surface area (Å²) in [5.41, 5.74) is 1.95. The number of nitriles is 1. The second kappa shape index (κ2) is 8.56. The Hall–Kier alpha value is -2.32. The molecule has 5 rings (SSSR count). The topological polar surface area (TPSA) is 87.5 Å². The Labute approximate surface area is 193 Å². The Morgan fingerprint density at radius 2 is 2.03 bits per heavy atom. The molecule has 0 spiro atoms. The molecule has 9 nitrogen and oxygen atoms in total. The van der Waals surface area contributed by atoms with Crippen molar-refractivity contribution in [2.45, 2.75) is 31.8 Å². The second-order valence-corrected chi connectivity index (χ2v) is 10.3. The number of aryl methyl sites for hydroxylation is 2. The number of nitrogens with one attached hydrogen (secondary N) is 1. The first-order valence-corrected chi connectivity index (χ1v) is 12.1. The van der Waals surface area contributed by atoms with E-state index in [9.17, 15) is 5.26 Å². The van der Waals surface area contributed by atoms with E-state index < -0.39 is 0 Å². The van der Waals surface area contributed by atoms with Crippen molar-refractivity contribution in [3.05, 3.63) is 23.5 Å². The van der Waals surface area contributed by atoms with Gasteiger partial charge in [-0.1, -0.05) is 0 Å². The highest BCUT2D eigenvalue weighted by molar-refractivity contribution is 7.10. The van der Waals surface area contributed by atoms with Gasteiger partial charge in [-0.05, 0) is 38.5 Å². The van der Waals surface area contributed by atoms with Crippen molar-refractivity contribution < 1.29 is 0 Å². The van der Waals surface area contributed by atoms with E-state index in [-0.39, 0.29) is 5.54 Å². The second-order valence-electron chi connectivity index (χ2n) is 9.47. The first-order chi connectivity index (χ1) is 15.5. The van der Waals surface area contributed by atoms with Crippen LogP contribution in [0.5, 0.6) is 0 Å². The highest BCUT2D eigenvalue weighted by Gasteiger charge is 2.50. The van der Waals surface area contributed by atoms with Crippen molar-refractivity contribution in [3.8, 4) is 6.07 Å². The molecule has 0 bridgehead atoms. The molecule has 1 N–H and O–H groups in total. The van der Waals surface area contributed by atoms with Crippen LogP contribution in [0.4, 0.5) is 16.8 Å². The van der Waals surface area contributed by atoms with Crippen LogP contribution in [0, 0.1) is 25.2 Å². The Kier molecular flexibility index (Phi) is 5.75. The van der Waals surface area contributed by atoms with E-state index in [1.165, 1.54) is 11.5 Å². The zero-order valence-corrected chi connectivity index (χ0v) is 19.9. The fourth-order valence-corrected chi connectivity index (χ4v) is 5.93. The summed E-state index contributed by atoms with van der Waals surface area (Å²) in [4.78, 5) is 19.2. The number of hydrogen-bond donors (Lipinski definition) is 1. The molecule has 0 saturated carbocycles. The lowest BCUT2D eigenvalue weighted by atomic mass is 9.83. The summed E-state index contributed by atoms with van der Waals surface area (Å²) in [5, 5.41) is 13.9. The number of likely N-dealkylation sites (N-methyl/N-ethyl adjacent to an activating group) is 1. The largest absolute Gasteiger partial charge is 0.352 e. The summed E-state index contributed by atoms with van der Waals surface area (Å²) in [6, 6.07) is 5.04. The Morgan fingerprint density at radius 3 is 2.78 bits per heavy atom. The molecular weight excluding hydrogens is 422 g/mol. The molecule has 3 aliphatic heterocycles. The quantitative estimate of drug-likeness (QED) is 0.727. The van der Waals surface area contributed by atoms with Gasteiger partial charge in [0, 0.05) is 70.2 Å². The Bertz CT molecular complexity index is 1010. The third kappa shape index (κ3) is 4.06. The molecule has 3 fully saturated rings. The van der Waals surface area contributed by atoms with E-state index in [1.807, 2.05) is 19.2 Å². The van der Waals surface area contributed by atoms with Crippen molar-refractivity contribution in [2.24, 2.45) is 0 Å². The van der Waals surface area contributed by atoms with Crippen LogP contribution >= 0.6 is 11.5 Å². The summed E-state index contributed by atoms with van der Waals surface area (Å²) >= 11 is 1.41. The summed E-state index contributed by atoms with van der Waals surface area (Å²) in [6.45, 7) is 12.3. The van der Waals surface area contributed by atoms with Gasteiger partial charge in [0.15, 0.2) is 0 Å². The minimum Gasteiger partial charge on any atom is -0.352 e. The van der Waals surface area contributed by atoms with Crippen molar-refractivity contribution >= 4 is 28.3 Å². The van der Waals surface area contributed by atoms with Gasteiger partial charge < -0.3 is 15.1 Å². The van der Waals surface area contributed by atoms with Gasteiger partial charge in [-0.15, -0.1) is 0 Å². The predicted molar refractivity (Wildman–Crippen MR) is 127 cm³/mol. The average molecular weight is 454 g/mol. The Balaban J connectivity index is 1.30. The molecule has 10 heteroatoms. The van der Waals surface area contributed by atoms with Crippen LogP contribution in [-0.4, -0.2) is 100 Å². The molecule has 0 aliphatic carbocycles. The average Bonchev–Trinajstić information content (AvgIpc) is 3.16. The summed E-state index contributed by atoms with van der Waals surface area (Å²) in [7, 11) is 2.21.